The van der Waals surface area contributed by atoms with E-state index in [1.165, 1.54) is 5.69 Å². The van der Waals surface area contributed by atoms with Gasteiger partial charge in [0.2, 0.25) is 0 Å². The van der Waals surface area contributed by atoms with Gasteiger partial charge in [-0.1, -0.05) is 6.92 Å². The summed E-state index contributed by atoms with van der Waals surface area (Å²) in [4.78, 5) is 9.06. The van der Waals surface area contributed by atoms with Crippen molar-refractivity contribution in [1.82, 2.24) is 9.88 Å². The number of anilines is 1. The molecule has 1 atom stereocenters. The number of nitrogens with zero attached hydrogens (tertiary/aromatic N) is 3. The molecule has 1 aromatic heterocycles. The van der Waals surface area contributed by atoms with Gasteiger partial charge in [0, 0.05) is 38.1 Å². The molecule has 0 spiro atoms. The molecule has 3 nitrogen and oxygen atoms in total. The molecule has 0 N–H and O–H groups in total. The monoisotopic (exact) mass is 283 g/mol. The van der Waals surface area contributed by atoms with Crippen molar-refractivity contribution in [2.75, 3.05) is 31.1 Å². The van der Waals surface area contributed by atoms with Crippen molar-refractivity contribution in [3.8, 4) is 0 Å². The number of rotatable bonds is 2. The van der Waals surface area contributed by atoms with Gasteiger partial charge in [0.05, 0.1) is 10.2 Å². The molecule has 1 fully saturated rings. The second-order valence-corrected chi connectivity index (χ2v) is 5.11. The molecule has 0 amide bonds. The van der Waals surface area contributed by atoms with E-state index in [4.69, 9.17) is 0 Å². The van der Waals surface area contributed by atoms with Crippen LogP contribution in [0.5, 0.6) is 0 Å². The van der Waals surface area contributed by atoms with Crippen molar-refractivity contribution in [3.63, 3.8) is 0 Å². The number of piperazine rings is 1. The summed E-state index contributed by atoms with van der Waals surface area (Å²) in [6.45, 7) is 9.01. The molecule has 0 aliphatic carbocycles. The summed E-state index contributed by atoms with van der Waals surface area (Å²) in [5.41, 5.74) is 1.26. The molecule has 1 saturated heterocycles. The second kappa shape index (κ2) is 5.15. The van der Waals surface area contributed by atoms with Crippen LogP contribution in [0.4, 0.5) is 5.69 Å². The van der Waals surface area contributed by atoms with Gasteiger partial charge in [-0.3, -0.25) is 9.88 Å². The minimum Gasteiger partial charge on any atom is -0.368 e. The highest BCUT2D eigenvalue weighted by molar-refractivity contribution is 9.10. The SMILES string of the molecule is CCN1CCN(c2ccncc2Br)CC1C. The van der Waals surface area contributed by atoms with Crippen LogP contribution in [0.2, 0.25) is 0 Å². The van der Waals surface area contributed by atoms with Gasteiger partial charge in [0.25, 0.3) is 0 Å². The zero-order chi connectivity index (χ0) is 11.5. The Balaban J connectivity index is 2.11. The maximum Gasteiger partial charge on any atom is 0.0592 e. The summed E-state index contributed by atoms with van der Waals surface area (Å²) in [6.07, 6.45) is 3.73. The van der Waals surface area contributed by atoms with Crippen molar-refractivity contribution in [3.05, 3.63) is 22.9 Å². The first-order valence-corrected chi connectivity index (χ1v) is 6.60. The first kappa shape index (κ1) is 11.9. The second-order valence-electron chi connectivity index (χ2n) is 4.25. The van der Waals surface area contributed by atoms with E-state index in [0.29, 0.717) is 6.04 Å². The van der Waals surface area contributed by atoms with Crippen molar-refractivity contribution in [2.45, 2.75) is 19.9 Å². The molecule has 1 aliphatic heterocycles. The standard InChI is InChI=1S/C12H18BrN3/c1-3-15-6-7-16(9-10(15)2)12-4-5-14-8-11(12)13/h4-5,8,10H,3,6-7,9H2,1-2H3. The number of pyridine rings is 1. The Bertz CT molecular complexity index is 356. The molecule has 0 radical (unpaired) electrons. The average Bonchev–Trinajstić information content (AvgIpc) is 2.29. The molecular weight excluding hydrogens is 266 g/mol. The van der Waals surface area contributed by atoms with Crippen LogP contribution >= 0.6 is 15.9 Å². The van der Waals surface area contributed by atoms with E-state index in [0.717, 1.165) is 30.7 Å². The minimum atomic E-state index is 0.624. The summed E-state index contributed by atoms with van der Waals surface area (Å²) < 4.78 is 1.09. The number of aromatic nitrogens is 1. The van der Waals surface area contributed by atoms with Crippen LogP contribution in [-0.4, -0.2) is 42.1 Å². The van der Waals surface area contributed by atoms with Gasteiger partial charge in [-0.05, 0) is 35.5 Å². The number of halogens is 1. The van der Waals surface area contributed by atoms with E-state index in [2.05, 4.69) is 50.6 Å². The summed E-state index contributed by atoms with van der Waals surface area (Å²) in [6, 6.07) is 2.71. The van der Waals surface area contributed by atoms with Crippen molar-refractivity contribution >= 4 is 21.6 Å². The van der Waals surface area contributed by atoms with Crippen LogP contribution in [0.25, 0.3) is 0 Å². The Morgan fingerprint density at radius 3 is 2.94 bits per heavy atom. The fraction of sp³-hybridized carbons (Fsp3) is 0.583. The predicted octanol–water partition coefficient (Wildman–Crippen LogP) is 2.37. The van der Waals surface area contributed by atoms with E-state index in [-0.39, 0.29) is 0 Å². The highest BCUT2D eigenvalue weighted by Gasteiger charge is 2.23. The van der Waals surface area contributed by atoms with Gasteiger partial charge in [-0.25, -0.2) is 0 Å². The van der Waals surface area contributed by atoms with Gasteiger partial charge in [0.1, 0.15) is 0 Å². The third-order valence-corrected chi connectivity index (χ3v) is 3.87. The first-order chi connectivity index (χ1) is 7.72. The van der Waals surface area contributed by atoms with Gasteiger partial charge >= 0.3 is 0 Å². The quantitative estimate of drug-likeness (QED) is 0.831. The minimum absolute atomic E-state index is 0.624. The van der Waals surface area contributed by atoms with E-state index in [1.54, 1.807) is 0 Å². The van der Waals surface area contributed by atoms with Crippen LogP contribution < -0.4 is 4.90 Å². The lowest BCUT2D eigenvalue weighted by molar-refractivity contribution is 0.199. The molecule has 1 aliphatic rings. The molecular formula is C12H18BrN3. The van der Waals surface area contributed by atoms with E-state index in [1.807, 2.05) is 12.4 Å². The van der Waals surface area contributed by atoms with E-state index >= 15 is 0 Å². The molecule has 0 aromatic carbocycles. The van der Waals surface area contributed by atoms with E-state index in [9.17, 15) is 0 Å². The Kier molecular flexibility index (Phi) is 3.82. The molecule has 2 rings (SSSR count). The van der Waals surface area contributed by atoms with Crippen LogP contribution in [-0.2, 0) is 0 Å². The predicted molar refractivity (Wildman–Crippen MR) is 70.9 cm³/mol. The fourth-order valence-corrected chi connectivity index (χ4v) is 2.81. The zero-order valence-electron chi connectivity index (χ0n) is 9.86. The van der Waals surface area contributed by atoms with Gasteiger partial charge in [-0.2, -0.15) is 0 Å². The average molecular weight is 284 g/mol. The summed E-state index contributed by atoms with van der Waals surface area (Å²) >= 11 is 3.57. The highest BCUT2D eigenvalue weighted by Crippen LogP contribution is 2.26. The normalized spacial score (nSPS) is 22.4. The third-order valence-electron chi connectivity index (χ3n) is 3.26. The Hall–Kier alpha value is -0.610. The number of hydrogen-bond donors (Lipinski definition) is 0. The van der Waals surface area contributed by atoms with E-state index < -0.39 is 0 Å². The van der Waals surface area contributed by atoms with Crippen molar-refractivity contribution < 1.29 is 0 Å². The molecule has 0 bridgehead atoms. The Morgan fingerprint density at radius 2 is 2.31 bits per heavy atom. The lowest BCUT2D eigenvalue weighted by atomic mass is 10.2. The zero-order valence-corrected chi connectivity index (χ0v) is 11.4. The molecule has 2 heterocycles. The molecule has 1 aromatic rings. The van der Waals surface area contributed by atoms with Crippen molar-refractivity contribution in [1.29, 1.82) is 0 Å². The lowest BCUT2D eigenvalue weighted by Crippen LogP contribution is -2.51. The molecule has 1 unspecified atom stereocenters. The maximum atomic E-state index is 4.11. The number of likely N-dealkylation sites (N-methyl/N-ethyl adjacent to an activating group) is 1. The smallest absolute Gasteiger partial charge is 0.0592 e. The van der Waals surface area contributed by atoms with Crippen LogP contribution in [0.1, 0.15) is 13.8 Å². The van der Waals surface area contributed by atoms with Crippen LogP contribution in [0.15, 0.2) is 22.9 Å². The summed E-state index contributed by atoms with van der Waals surface area (Å²) in [5.74, 6) is 0. The summed E-state index contributed by atoms with van der Waals surface area (Å²) in [7, 11) is 0. The van der Waals surface area contributed by atoms with Gasteiger partial charge in [-0.15, -0.1) is 0 Å². The Morgan fingerprint density at radius 1 is 1.50 bits per heavy atom. The molecule has 88 valence electrons. The van der Waals surface area contributed by atoms with Crippen molar-refractivity contribution in [2.24, 2.45) is 0 Å². The maximum absolute atomic E-state index is 4.11. The largest absolute Gasteiger partial charge is 0.368 e. The van der Waals surface area contributed by atoms with Crippen LogP contribution in [0.3, 0.4) is 0 Å². The topological polar surface area (TPSA) is 19.4 Å². The molecule has 4 heteroatoms. The fourth-order valence-electron chi connectivity index (χ4n) is 2.31. The van der Waals surface area contributed by atoms with Crippen LogP contribution in [0, 0.1) is 0 Å². The van der Waals surface area contributed by atoms with Gasteiger partial charge < -0.3 is 4.90 Å². The van der Waals surface area contributed by atoms with Gasteiger partial charge in [0.15, 0.2) is 0 Å². The summed E-state index contributed by atoms with van der Waals surface area (Å²) in [5, 5.41) is 0. The number of hydrogen-bond acceptors (Lipinski definition) is 3. The third kappa shape index (κ3) is 2.38. The lowest BCUT2D eigenvalue weighted by Gasteiger charge is -2.40. The molecule has 0 saturated carbocycles. The molecule has 16 heavy (non-hydrogen) atoms. The first-order valence-electron chi connectivity index (χ1n) is 5.81. The highest BCUT2D eigenvalue weighted by atomic mass is 79.9. The Labute approximate surface area is 106 Å².